The fourth-order valence-electron chi connectivity index (χ4n) is 2.78. The van der Waals surface area contributed by atoms with Crippen molar-refractivity contribution in [3.63, 3.8) is 0 Å². The van der Waals surface area contributed by atoms with Crippen LogP contribution >= 0.6 is 11.3 Å². The highest BCUT2D eigenvalue weighted by atomic mass is 32.1. The average Bonchev–Trinajstić information content (AvgIpc) is 2.55. The zero-order valence-electron chi connectivity index (χ0n) is 10.0. The summed E-state index contributed by atoms with van der Waals surface area (Å²) in [6.45, 7) is 2.16. The summed E-state index contributed by atoms with van der Waals surface area (Å²) >= 11 is 1.82. The summed E-state index contributed by atoms with van der Waals surface area (Å²) in [5.41, 5.74) is 4.42. The second kappa shape index (κ2) is 5.80. The maximum absolute atomic E-state index is 5.75. The average molecular weight is 238 g/mol. The van der Waals surface area contributed by atoms with Crippen molar-refractivity contribution in [1.82, 2.24) is 5.43 Å². The second-order valence-electron chi connectivity index (χ2n) is 4.89. The number of thiophene rings is 1. The lowest BCUT2D eigenvalue weighted by Gasteiger charge is -2.24. The zero-order chi connectivity index (χ0) is 11.4. The van der Waals surface area contributed by atoms with E-state index in [0.717, 1.165) is 5.92 Å². The van der Waals surface area contributed by atoms with Crippen LogP contribution in [0.1, 0.15) is 55.0 Å². The summed E-state index contributed by atoms with van der Waals surface area (Å²) in [7, 11) is 0. The number of aryl methyl sites for hydroxylation is 1. The Kier molecular flexibility index (Phi) is 4.38. The molecule has 1 unspecified atom stereocenters. The van der Waals surface area contributed by atoms with Crippen molar-refractivity contribution in [3.8, 4) is 0 Å². The third-order valence-electron chi connectivity index (χ3n) is 3.66. The van der Waals surface area contributed by atoms with Gasteiger partial charge in [0.05, 0.1) is 0 Å². The minimum Gasteiger partial charge on any atom is -0.271 e. The molecule has 1 aromatic heterocycles. The van der Waals surface area contributed by atoms with E-state index < -0.39 is 0 Å². The van der Waals surface area contributed by atoms with E-state index in [4.69, 9.17) is 5.84 Å². The number of rotatable bonds is 3. The van der Waals surface area contributed by atoms with Crippen molar-refractivity contribution in [2.45, 2.75) is 51.5 Å². The number of nitrogens with one attached hydrogen (secondary N) is 1. The van der Waals surface area contributed by atoms with Gasteiger partial charge in [-0.15, -0.1) is 11.3 Å². The Balaban J connectivity index is 2.08. The van der Waals surface area contributed by atoms with Gasteiger partial charge in [0.25, 0.3) is 0 Å². The molecule has 2 nitrogen and oxygen atoms in total. The first kappa shape index (κ1) is 12.1. The smallest absolute Gasteiger partial charge is 0.0496 e. The maximum Gasteiger partial charge on any atom is 0.0496 e. The van der Waals surface area contributed by atoms with Gasteiger partial charge in [0.2, 0.25) is 0 Å². The molecule has 90 valence electrons. The van der Waals surface area contributed by atoms with Gasteiger partial charge >= 0.3 is 0 Å². The minimum atomic E-state index is 0.364. The Labute approximate surface area is 102 Å². The van der Waals surface area contributed by atoms with Crippen molar-refractivity contribution >= 4 is 11.3 Å². The molecular formula is C13H22N2S. The van der Waals surface area contributed by atoms with Gasteiger partial charge in [-0.05, 0) is 42.7 Å². The Morgan fingerprint density at radius 1 is 1.31 bits per heavy atom. The van der Waals surface area contributed by atoms with E-state index in [1.165, 1.54) is 49.0 Å². The molecule has 1 aliphatic rings. The highest BCUT2D eigenvalue weighted by molar-refractivity contribution is 7.10. The van der Waals surface area contributed by atoms with Crippen LogP contribution in [-0.4, -0.2) is 0 Å². The molecule has 0 aliphatic heterocycles. The van der Waals surface area contributed by atoms with Gasteiger partial charge in [0, 0.05) is 10.9 Å². The molecule has 0 bridgehead atoms. The first-order valence-electron chi connectivity index (χ1n) is 6.32. The van der Waals surface area contributed by atoms with E-state index in [-0.39, 0.29) is 0 Å². The molecule has 0 saturated heterocycles. The normalized spacial score (nSPS) is 20.6. The number of nitrogens with two attached hydrogens (primary N) is 1. The molecule has 1 heterocycles. The lowest BCUT2D eigenvalue weighted by atomic mass is 9.89. The molecule has 0 radical (unpaired) electrons. The molecule has 0 aromatic carbocycles. The Hall–Kier alpha value is -0.380. The van der Waals surface area contributed by atoms with Gasteiger partial charge in [0.1, 0.15) is 0 Å². The highest BCUT2D eigenvalue weighted by Crippen LogP contribution is 2.34. The SMILES string of the molecule is Cc1cc(C(NN)C2CCCCCC2)cs1. The van der Waals surface area contributed by atoms with E-state index in [1.54, 1.807) is 0 Å². The van der Waals surface area contributed by atoms with Crippen molar-refractivity contribution in [3.05, 3.63) is 21.9 Å². The summed E-state index contributed by atoms with van der Waals surface area (Å²) in [6.07, 6.45) is 8.18. The standard InChI is InChI=1S/C13H22N2S/c1-10-8-12(9-16-10)13(15-14)11-6-4-2-3-5-7-11/h8-9,11,13,15H,2-7,14H2,1H3. The maximum atomic E-state index is 5.75. The monoisotopic (exact) mass is 238 g/mol. The summed E-state index contributed by atoms with van der Waals surface area (Å²) in [5, 5.41) is 2.25. The van der Waals surface area contributed by atoms with Crippen LogP contribution in [0.3, 0.4) is 0 Å². The van der Waals surface area contributed by atoms with E-state index >= 15 is 0 Å². The van der Waals surface area contributed by atoms with Crippen LogP contribution in [-0.2, 0) is 0 Å². The van der Waals surface area contributed by atoms with Gasteiger partial charge < -0.3 is 0 Å². The molecule has 3 heteroatoms. The molecule has 16 heavy (non-hydrogen) atoms. The van der Waals surface area contributed by atoms with E-state index in [9.17, 15) is 0 Å². The fourth-order valence-corrected chi connectivity index (χ4v) is 3.52. The van der Waals surface area contributed by atoms with Crippen LogP contribution in [0, 0.1) is 12.8 Å². The molecular weight excluding hydrogens is 216 g/mol. The summed E-state index contributed by atoms with van der Waals surface area (Å²) < 4.78 is 0. The van der Waals surface area contributed by atoms with Crippen LogP contribution in [0.15, 0.2) is 11.4 Å². The molecule has 1 saturated carbocycles. The van der Waals surface area contributed by atoms with Crippen LogP contribution < -0.4 is 11.3 Å². The van der Waals surface area contributed by atoms with E-state index in [0.29, 0.717) is 6.04 Å². The predicted molar refractivity (Wildman–Crippen MR) is 70.3 cm³/mol. The Bertz CT molecular complexity index is 313. The van der Waals surface area contributed by atoms with Gasteiger partial charge in [-0.3, -0.25) is 11.3 Å². The molecule has 1 aromatic rings. The molecule has 0 amide bonds. The zero-order valence-corrected chi connectivity index (χ0v) is 10.9. The van der Waals surface area contributed by atoms with Crippen LogP contribution in [0.5, 0.6) is 0 Å². The molecule has 3 N–H and O–H groups in total. The molecule has 1 atom stereocenters. The summed E-state index contributed by atoms with van der Waals surface area (Å²) in [4.78, 5) is 1.38. The lowest BCUT2D eigenvalue weighted by molar-refractivity contribution is 0.329. The second-order valence-corrected chi connectivity index (χ2v) is 6.00. The highest BCUT2D eigenvalue weighted by Gasteiger charge is 2.23. The van der Waals surface area contributed by atoms with Gasteiger partial charge in [0.15, 0.2) is 0 Å². The van der Waals surface area contributed by atoms with Crippen molar-refractivity contribution in [1.29, 1.82) is 0 Å². The van der Waals surface area contributed by atoms with E-state index in [1.807, 2.05) is 11.3 Å². The predicted octanol–water partition coefficient (Wildman–Crippen LogP) is 3.53. The third-order valence-corrected chi connectivity index (χ3v) is 4.54. The first-order valence-corrected chi connectivity index (χ1v) is 7.20. The van der Waals surface area contributed by atoms with Crippen molar-refractivity contribution in [2.24, 2.45) is 11.8 Å². The van der Waals surface area contributed by atoms with E-state index in [2.05, 4.69) is 23.8 Å². The van der Waals surface area contributed by atoms with Crippen LogP contribution in [0.25, 0.3) is 0 Å². The van der Waals surface area contributed by atoms with Crippen molar-refractivity contribution < 1.29 is 0 Å². The Morgan fingerprint density at radius 2 is 2.00 bits per heavy atom. The molecule has 0 spiro atoms. The summed E-state index contributed by atoms with van der Waals surface area (Å²) in [5.74, 6) is 6.47. The number of hydrogen-bond acceptors (Lipinski definition) is 3. The minimum absolute atomic E-state index is 0.364. The summed E-state index contributed by atoms with van der Waals surface area (Å²) in [6, 6.07) is 2.64. The molecule has 2 rings (SSSR count). The van der Waals surface area contributed by atoms with Crippen LogP contribution in [0.4, 0.5) is 0 Å². The van der Waals surface area contributed by atoms with Gasteiger partial charge in [-0.2, -0.15) is 0 Å². The first-order chi connectivity index (χ1) is 7.81. The Morgan fingerprint density at radius 3 is 2.50 bits per heavy atom. The quantitative estimate of drug-likeness (QED) is 0.480. The third kappa shape index (κ3) is 2.84. The van der Waals surface area contributed by atoms with Gasteiger partial charge in [-0.1, -0.05) is 25.7 Å². The fraction of sp³-hybridized carbons (Fsp3) is 0.692. The largest absolute Gasteiger partial charge is 0.271 e. The van der Waals surface area contributed by atoms with Crippen LogP contribution in [0.2, 0.25) is 0 Å². The molecule has 1 aliphatic carbocycles. The topological polar surface area (TPSA) is 38.0 Å². The van der Waals surface area contributed by atoms with Crippen molar-refractivity contribution in [2.75, 3.05) is 0 Å². The molecule has 1 fully saturated rings. The van der Waals surface area contributed by atoms with Gasteiger partial charge in [-0.25, -0.2) is 0 Å². The lowest BCUT2D eigenvalue weighted by Crippen LogP contribution is -2.33. The number of hydrogen-bond donors (Lipinski definition) is 2. The number of hydrazine groups is 1.